The number of hydrogen-bond donors (Lipinski definition) is 3. The highest BCUT2D eigenvalue weighted by Crippen LogP contribution is 2.22. The molecule has 0 unspecified atom stereocenters. The van der Waals surface area contributed by atoms with E-state index in [-0.39, 0.29) is 34.8 Å². The summed E-state index contributed by atoms with van der Waals surface area (Å²) >= 11 is 0. The minimum Gasteiger partial charge on any atom is -0.508 e. The van der Waals surface area contributed by atoms with E-state index in [0.717, 1.165) is 0 Å². The lowest BCUT2D eigenvalue weighted by atomic mass is 9.98. The van der Waals surface area contributed by atoms with E-state index < -0.39 is 5.97 Å². The molecule has 0 aliphatic rings. The second-order valence-corrected chi connectivity index (χ2v) is 4.26. The van der Waals surface area contributed by atoms with E-state index in [2.05, 4.69) is 0 Å². The third-order valence-electron chi connectivity index (χ3n) is 2.88. The van der Waals surface area contributed by atoms with Crippen LogP contribution in [0.3, 0.4) is 0 Å². The molecule has 0 atom stereocenters. The predicted molar refractivity (Wildman–Crippen MR) is 71.2 cm³/mol. The van der Waals surface area contributed by atoms with Gasteiger partial charge in [0, 0.05) is 12.0 Å². The Morgan fingerprint density at radius 2 is 1.60 bits per heavy atom. The third kappa shape index (κ3) is 2.77. The number of carboxylic acids is 1. The minimum absolute atomic E-state index is 0.0464. The SMILES string of the molecule is O=C(Cc1cccc(O)c1C(=O)O)c1ccc(O)cc1. The number of carboxylic acid groups (broad SMARTS) is 1. The fourth-order valence-corrected chi connectivity index (χ4v) is 1.90. The van der Waals surface area contributed by atoms with E-state index in [1.54, 1.807) is 0 Å². The number of ketones is 1. The van der Waals surface area contributed by atoms with Gasteiger partial charge < -0.3 is 15.3 Å². The molecule has 0 amide bonds. The van der Waals surface area contributed by atoms with Crippen LogP contribution in [0.5, 0.6) is 11.5 Å². The molecule has 0 spiro atoms. The number of aromatic hydroxyl groups is 2. The number of Topliss-reactive ketones (excluding diaryl/α,β-unsaturated/α-hetero) is 1. The molecule has 2 aromatic carbocycles. The quantitative estimate of drug-likeness (QED) is 0.742. The molecule has 5 nitrogen and oxygen atoms in total. The van der Waals surface area contributed by atoms with Crippen LogP contribution >= 0.6 is 0 Å². The predicted octanol–water partition coefficient (Wildman–Crippen LogP) is 2.22. The average molecular weight is 272 g/mol. The van der Waals surface area contributed by atoms with Gasteiger partial charge in [0.25, 0.3) is 0 Å². The summed E-state index contributed by atoms with van der Waals surface area (Å²) < 4.78 is 0. The van der Waals surface area contributed by atoms with E-state index in [0.29, 0.717) is 5.56 Å². The van der Waals surface area contributed by atoms with Gasteiger partial charge in [0.2, 0.25) is 0 Å². The molecule has 0 saturated heterocycles. The topological polar surface area (TPSA) is 94.8 Å². The minimum atomic E-state index is -1.28. The Morgan fingerprint density at radius 1 is 0.950 bits per heavy atom. The van der Waals surface area contributed by atoms with Crippen LogP contribution in [0.1, 0.15) is 26.3 Å². The van der Waals surface area contributed by atoms with Gasteiger partial charge >= 0.3 is 5.97 Å². The lowest BCUT2D eigenvalue weighted by molar-refractivity contribution is 0.0692. The maximum Gasteiger partial charge on any atom is 0.339 e. The van der Waals surface area contributed by atoms with Crippen molar-refractivity contribution >= 4 is 11.8 Å². The van der Waals surface area contributed by atoms with Crippen molar-refractivity contribution in [3.63, 3.8) is 0 Å². The summed E-state index contributed by atoms with van der Waals surface area (Å²) in [6.07, 6.45) is -0.138. The van der Waals surface area contributed by atoms with Gasteiger partial charge in [-0.3, -0.25) is 4.79 Å². The first-order valence-electron chi connectivity index (χ1n) is 5.85. The highest BCUT2D eigenvalue weighted by atomic mass is 16.4. The number of carbonyl (C=O) groups excluding carboxylic acids is 1. The van der Waals surface area contributed by atoms with Gasteiger partial charge in [-0.2, -0.15) is 0 Å². The zero-order valence-corrected chi connectivity index (χ0v) is 10.4. The molecule has 0 heterocycles. The highest BCUT2D eigenvalue weighted by Gasteiger charge is 2.17. The average Bonchev–Trinajstić information content (AvgIpc) is 2.39. The highest BCUT2D eigenvalue weighted by molar-refractivity contribution is 6.00. The van der Waals surface area contributed by atoms with E-state index in [1.165, 1.54) is 42.5 Å². The molecule has 3 N–H and O–H groups in total. The van der Waals surface area contributed by atoms with Crippen LogP contribution in [0.25, 0.3) is 0 Å². The molecule has 102 valence electrons. The van der Waals surface area contributed by atoms with Crippen molar-refractivity contribution in [3.05, 3.63) is 59.2 Å². The number of rotatable bonds is 4. The molecule has 2 aromatic rings. The monoisotopic (exact) mass is 272 g/mol. The zero-order chi connectivity index (χ0) is 14.7. The fraction of sp³-hybridized carbons (Fsp3) is 0.0667. The standard InChI is InChI=1S/C15H12O5/c16-11-6-4-9(5-7-11)13(18)8-10-2-1-3-12(17)14(10)15(19)20/h1-7,16-17H,8H2,(H,19,20). The summed E-state index contributed by atoms with van der Waals surface area (Å²) in [5.41, 5.74) is 0.345. The third-order valence-corrected chi connectivity index (χ3v) is 2.88. The van der Waals surface area contributed by atoms with Crippen molar-refractivity contribution in [1.82, 2.24) is 0 Å². The first-order valence-corrected chi connectivity index (χ1v) is 5.85. The second kappa shape index (κ2) is 5.44. The molecule has 0 aliphatic heterocycles. The number of phenols is 2. The smallest absolute Gasteiger partial charge is 0.339 e. The van der Waals surface area contributed by atoms with Crippen molar-refractivity contribution in [2.45, 2.75) is 6.42 Å². The van der Waals surface area contributed by atoms with Gasteiger partial charge in [0.1, 0.15) is 17.1 Å². The van der Waals surface area contributed by atoms with E-state index >= 15 is 0 Å². The Kier molecular flexibility index (Phi) is 3.70. The summed E-state index contributed by atoms with van der Waals surface area (Å²) in [5, 5.41) is 27.8. The Balaban J connectivity index is 2.30. The molecular weight excluding hydrogens is 260 g/mol. The van der Waals surface area contributed by atoms with Gasteiger partial charge in [-0.1, -0.05) is 12.1 Å². The van der Waals surface area contributed by atoms with Crippen LogP contribution in [0.4, 0.5) is 0 Å². The summed E-state index contributed by atoms with van der Waals surface area (Å²) in [6.45, 7) is 0. The molecule has 0 radical (unpaired) electrons. The van der Waals surface area contributed by atoms with Gasteiger partial charge in [-0.15, -0.1) is 0 Å². The fourth-order valence-electron chi connectivity index (χ4n) is 1.90. The lowest BCUT2D eigenvalue weighted by Crippen LogP contribution is -2.09. The second-order valence-electron chi connectivity index (χ2n) is 4.26. The van der Waals surface area contributed by atoms with E-state index in [4.69, 9.17) is 10.2 Å². The molecule has 2 rings (SSSR count). The molecule has 0 fully saturated rings. The van der Waals surface area contributed by atoms with Crippen LogP contribution in [0.15, 0.2) is 42.5 Å². The summed E-state index contributed by atoms with van der Waals surface area (Å²) in [7, 11) is 0. The number of benzene rings is 2. The Hall–Kier alpha value is -2.82. The van der Waals surface area contributed by atoms with Crippen LogP contribution < -0.4 is 0 Å². The van der Waals surface area contributed by atoms with Crippen molar-refractivity contribution in [2.24, 2.45) is 0 Å². The van der Waals surface area contributed by atoms with E-state index in [1.807, 2.05) is 0 Å². The largest absolute Gasteiger partial charge is 0.508 e. The number of carbonyl (C=O) groups is 2. The first kappa shape index (κ1) is 13.6. The van der Waals surface area contributed by atoms with Crippen LogP contribution in [0, 0.1) is 0 Å². The Bertz CT molecular complexity index is 658. The number of hydrogen-bond acceptors (Lipinski definition) is 4. The van der Waals surface area contributed by atoms with Crippen molar-refractivity contribution in [2.75, 3.05) is 0 Å². The lowest BCUT2D eigenvalue weighted by Gasteiger charge is -2.07. The number of aromatic carboxylic acids is 1. The van der Waals surface area contributed by atoms with Crippen LogP contribution in [-0.4, -0.2) is 27.1 Å². The molecule has 0 saturated carbocycles. The zero-order valence-electron chi connectivity index (χ0n) is 10.4. The molecule has 0 aliphatic carbocycles. The van der Waals surface area contributed by atoms with Crippen LogP contribution in [0.2, 0.25) is 0 Å². The molecule has 0 bridgehead atoms. The molecule has 5 heteroatoms. The van der Waals surface area contributed by atoms with Crippen molar-refractivity contribution in [3.8, 4) is 11.5 Å². The maximum absolute atomic E-state index is 12.1. The first-order chi connectivity index (χ1) is 9.49. The number of phenolic OH excluding ortho intramolecular Hbond substituents is 1. The Morgan fingerprint density at radius 3 is 2.20 bits per heavy atom. The van der Waals surface area contributed by atoms with Crippen molar-refractivity contribution < 1.29 is 24.9 Å². The van der Waals surface area contributed by atoms with Gasteiger partial charge in [-0.05, 0) is 35.9 Å². The summed E-state index contributed by atoms with van der Waals surface area (Å²) in [5.74, 6) is -1.90. The van der Waals surface area contributed by atoms with Crippen molar-refractivity contribution in [1.29, 1.82) is 0 Å². The van der Waals surface area contributed by atoms with Gasteiger partial charge in [0.15, 0.2) is 5.78 Å². The van der Waals surface area contributed by atoms with Gasteiger partial charge in [0.05, 0.1) is 0 Å². The van der Waals surface area contributed by atoms with Gasteiger partial charge in [-0.25, -0.2) is 4.79 Å². The van der Waals surface area contributed by atoms with Crippen LogP contribution in [-0.2, 0) is 6.42 Å². The summed E-state index contributed by atoms with van der Waals surface area (Å²) in [4.78, 5) is 23.2. The maximum atomic E-state index is 12.1. The van der Waals surface area contributed by atoms with E-state index in [9.17, 15) is 14.7 Å². The molecular formula is C15H12O5. The molecule has 0 aromatic heterocycles. The normalized spacial score (nSPS) is 10.2. The summed E-state index contributed by atoms with van der Waals surface area (Å²) in [6, 6.07) is 9.92. The molecule has 20 heavy (non-hydrogen) atoms. The Labute approximate surface area is 114 Å².